The molecule has 1 aromatic carbocycles. The Morgan fingerprint density at radius 3 is 2.26 bits per heavy atom. The summed E-state index contributed by atoms with van der Waals surface area (Å²) in [6.07, 6.45) is 9.08. The summed E-state index contributed by atoms with van der Waals surface area (Å²) in [6.45, 7) is 4.25. The molecular weight excluding hydrogens is 384 g/mol. The van der Waals surface area contributed by atoms with E-state index in [1.54, 1.807) is 18.2 Å². The smallest absolute Gasteiger partial charge is 0.124 e. The maximum absolute atomic E-state index is 10.4. The van der Waals surface area contributed by atoms with Gasteiger partial charge in [0, 0.05) is 11.1 Å². The van der Waals surface area contributed by atoms with Crippen molar-refractivity contribution in [3.05, 3.63) is 108 Å². The van der Waals surface area contributed by atoms with Crippen LogP contribution in [-0.2, 0) is 5.41 Å². The number of aromatic hydroxyl groups is 1. The second-order valence-corrected chi connectivity index (χ2v) is 7.85. The van der Waals surface area contributed by atoms with Crippen molar-refractivity contribution in [1.82, 2.24) is 9.97 Å². The molecule has 0 fully saturated rings. The summed E-state index contributed by atoms with van der Waals surface area (Å²) >= 11 is 0. The molecule has 4 nitrogen and oxygen atoms in total. The molecule has 0 spiro atoms. The first-order valence-corrected chi connectivity index (χ1v) is 10.5. The van der Waals surface area contributed by atoms with Crippen molar-refractivity contribution in [2.75, 3.05) is 0 Å². The molecule has 0 radical (unpaired) electrons. The van der Waals surface area contributed by atoms with Crippen molar-refractivity contribution in [2.45, 2.75) is 32.1 Å². The van der Waals surface area contributed by atoms with Crippen molar-refractivity contribution in [2.24, 2.45) is 0 Å². The van der Waals surface area contributed by atoms with Crippen LogP contribution in [0, 0.1) is 0 Å². The van der Waals surface area contributed by atoms with E-state index < -0.39 is 5.41 Å². The molecule has 31 heavy (non-hydrogen) atoms. The van der Waals surface area contributed by atoms with E-state index in [4.69, 9.17) is 9.97 Å². The van der Waals surface area contributed by atoms with Gasteiger partial charge < -0.3 is 10.2 Å². The normalized spacial score (nSPS) is 15.5. The van der Waals surface area contributed by atoms with E-state index in [1.807, 2.05) is 66.8 Å². The molecule has 1 aliphatic carbocycles. The van der Waals surface area contributed by atoms with E-state index in [9.17, 15) is 10.2 Å². The fourth-order valence-corrected chi connectivity index (χ4v) is 3.82. The quantitative estimate of drug-likeness (QED) is 0.514. The fourth-order valence-electron chi connectivity index (χ4n) is 3.82. The lowest BCUT2D eigenvalue weighted by Crippen LogP contribution is -2.26. The number of pyridine rings is 2. The molecule has 0 bridgehead atoms. The molecule has 2 aromatic heterocycles. The van der Waals surface area contributed by atoms with Crippen LogP contribution in [-0.4, -0.2) is 20.2 Å². The van der Waals surface area contributed by atoms with E-state index in [0.29, 0.717) is 5.56 Å². The summed E-state index contributed by atoms with van der Waals surface area (Å²) in [4.78, 5) is 9.85. The fraction of sp³-hybridized carbons (Fsp3) is 0.185. The minimum absolute atomic E-state index is 0.210. The molecule has 2 heterocycles. The number of rotatable bonds is 5. The highest BCUT2D eigenvalue weighted by Crippen LogP contribution is 2.36. The van der Waals surface area contributed by atoms with E-state index in [0.717, 1.165) is 41.2 Å². The lowest BCUT2D eigenvalue weighted by Gasteiger charge is -2.28. The second kappa shape index (κ2) is 8.60. The maximum atomic E-state index is 10.4. The SMILES string of the molecule is CCC(C)(c1cccc(C2=CCC=CC=C2O)n1)c1cccc(-c2ccccc2O)n1. The highest BCUT2D eigenvalue weighted by molar-refractivity contribution is 5.76. The molecule has 0 aliphatic heterocycles. The Bertz CT molecular complexity index is 1190. The first kappa shape index (κ1) is 20.6. The zero-order valence-corrected chi connectivity index (χ0v) is 17.8. The number of aromatic nitrogens is 2. The van der Waals surface area contributed by atoms with Crippen LogP contribution in [0.4, 0.5) is 0 Å². The average Bonchev–Trinajstić information content (AvgIpc) is 3.03. The molecule has 1 unspecified atom stereocenters. The van der Waals surface area contributed by atoms with Gasteiger partial charge in [-0.3, -0.25) is 9.97 Å². The standard InChI is InChI=1S/C27H26N2O2/c1-3-27(2,26-18-10-14-22(29-26)20-12-7-8-16-24(20)31)25-17-9-13-21(28-25)19-11-5-4-6-15-23(19)30/h4,6-18,30-31H,3,5H2,1-2H3. The van der Waals surface area contributed by atoms with Gasteiger partial charge in [0.25, 0.3) is 0 Å². The van der Waals surface area contributed by atoms with Crippen LogP contribution in [0.5, 0.6) is 5.75 Å². The number of nitrogens with zero attached hydrogens (tertiary/aromatic N) is 2. The summed E-state index contributed by atoms with van der Waals surface area (Å²) < 4.78 is 0. The number of phenols is 1. The highest BCUT2D eigenvalue weighted by atomic mass is 16.3. The molecule has 0 saturated heterocycles. The van der Waals surface area contributed by atoms with Gasteiger partial charge in [0.15, 0.2) is 0 Å². The Hall–Kier alpha value is -3.66. The molecular formula is C27H26N2O2. The van der Waals surface area contributed by atoms with Crippen LogP contribution in [0.3, 0.4) is 0 Å². The highest BCUT2D eigenvalue weighted by Gasteiger charge is 2.31. The number of hydrogen-bond acceptors (Lipinski definition) is 4. The zero-order valence-electron chi connectivity index (χ0n) is 17.8. The molecule has 1 atom stereocenters. The Morgan fingerprint density at radius 1 is 0.871 bits per heavy atom. The Kier molecular flexibility index (Phi) is 5.72. The van der Waals surface area contributed by atoms with E-state index >= 15 is 0 Å². The van der Waals surface area contributed by atoms with Gasteiger partial charge >= 0.3 is 0 Å². The molecule has 156 valence electrons. The van der Waals surface area contributed by atoms with Crippen LogP contribution in [0.25, 0.3) is 16.8 Å². The zero-order chi connectivity index (χ0) is 21.8. The van der Waals surface area contributed by atoms with Gasteiger partial charge in [-0.1, -0.05) is 49.4 Å². The molecule has 1 aliphatic rings. The summed E-state index contributed by atoms with van der Waals surface area (Å²) in [5.74, 6) is 0.429. The van der Waals surface area contributed by atoms with E-state index in [2.05, 4.69) is 13.8 Å². The summed E-state index contributed by atoms with van der Waals surface area (Å²) in [5, 5.41) is 20.7. The van der Waals surface area contributed by atoms with Crippen molar-refractivity contribution in [3.8, 4) is 17.0 Å². The number of allylic oxidation sites excluding steroid dienone is 5. The number of benzene rings is 1. The number of hydrogen-bond donors (Lipinski definition) is 2. The van der Waals surface area contributed by atoms with Gasteiger partial charge in [-0.25, -0.2) is 0 Å². The Balaban J connectivity index is 1.78. The van der Waals surface area contributed by atoms with Crippen molar-refractivity contribution < 1.29 is 10.2 Å². The number of phenolic OH excluding ortho intramolecular Hbond substituents is 1. The predicted octanol–water partition coefficient (Wildman–Crippen LogP) is 6.35. The van der Waals surface area contributed by atoms with Crippen LogP contribution in [0.15, 0.2) is 90.7 Å². The molecule has 0 amide bonds. The third kappa shape index (κ3) is 4.02. The Morgan fingerprint density at radius 2 is 1.55 bits per heavy atom. The first-order valence-electron chi connectivity index (χ1n) is 10.5. The average molecular weight is 411 g/mol. The van der Waals surface area contributed by atoms with Gasteiger partial charge in [-0.15, -0.1) is 0 Å². The van der Waals surface area contributed by atoms with Gasteiger partial charge in [-0.2, -0.15) is 0 Å². The third-order valence-electron chi connectivity index (χ3n) is 5.92. The number of aliphatic hydroxyl groups excluding tert-OH is 1. The summed E-state index contributed by atoms with van der Waals surface area (Å²) in [5.41, 5.74) is 4.25. The van der Waals surface area contributed by atoms with Gasteiger partial charge in [0.1, 0.15) is 11.5 Å². The third-order valence-corrected chi connectivity index (χ3v) is 5.92. The molecule has 4 heteroatoms. The maximum Gasteiger partial charge on any atom is 0.124 e. The van der Waals surface area contributed by atoms with Crippen molar-refractivity contribution in [3.63, 3.8) is 0 Å². The predicted molar refractivity (Wildman–Crippen MR) is 125 cm³/mol. The topological polar surface area (TPSA) is 66.2 Å². The van der Waals surface area contributed by atoms with Gasteiger partial charge in [0.05, 0.1) is 28.2 Å². The van der Waals surface area contributed by atoms with Crippen LogP contribution in [0.2, 0.25) is 0 Å². The van der Waals surface area contributed by atoms with Crippen molar-refractivity contribution >= 4 is 5.57 Å². The Labute approximate surface area is 183 Å². The van der Waals surface area contributed by atoms with Crippen molar-refractivity contribution in [1.29, 1.82) is 0 Å². The number of para-hydroxylation sites is 1. The minimum Gasteiger partial charge on any atom is -0.507 e. The van der Waals surface area contributed by atoms with Crippen LogP contribution >= 0.6 is 0 Å². The largest absolute Gasteiger partial charge is 0.507 e. The monoisotopic (exact) mass is 410 g/mol. The second-order valence-electron chi connectivity index (χ2n) is 7.85. The lowest BCUT2D eigenvalue weighted by atomic mass is 9.79. The van der Waals surface area contributed by atoms with Crippen LogP contribution < -0.4 is 0 Å². The molecule has 0 saturated carbocycles. The molecule has 2 N–H and O–H groups in total. The van der Waals surface area contributed by atoms with E-state index in [-0.39, 0.29) is 11.5 Å². The van der Waals surface area contributed by atoms with Gasteiger partial charge in [0.2, 0.25) is 0 Å². The number of aliphatic hydroxyl groups is 1. The lowest BCUT2D eigenvalue weighted by molar-refractivity contribution is 0.437. The molecule has 4 rings (SSSR count). The minimum atomic E-state index is -0.431. The van der Waals surface area contributed by atoms with Gasteiger partial charge in [-0.05, 0) is 62.2 Å². The van der Waals surface area contributed by atoms with E-state index in [1.165, 1.54) is 0 Å². The first-order chi connectivity index (χ1) is 15.0. The summed E-state index contributed by atoms with van der Waals surface area (Å²) in [7, 11) is 0. The summed E-state index contributed by atoms with van der Waals surface area (Å²) in [6, 6.07) is 19.0. The molecule has 3 aromatic rings. The van der Waals surface area contributed by atoms with Crippen LogP contribution in [0.1, 0.15) is 43.8 Å².